The van der Waals surface area contributed by atoms with Crippen molar-refractivity contribution < 1.29 is 9.59 Å². The summed E-state index contributed by atoms with van der Waals surface area (Å²) in [4.78, 5) is 23.4. The van der Waals surface area contributed by atoms with Crippen LogP contribution >= 0.6 is 0 Å². The number of nitrogens with one attached hydrogen (secondary N) is 2. The van der Waals surface area contributed by atoms with Crippen molar-refractivity contribution in [2.75, 3.05) is 6.54 Å². The Morgan fingerprint density at radius 1 is 0.739 bits per heavy atom. The zero-order chi connectivity index (χ0) is 16.3. The lowest BCUT2D eigenvalue weighted by atomic mass is 10.1. The van der Waals surface area contributed by atoms with Crippen molar-refractivity contribution in [2.45, 2.75) is 25.8 Å². The molecule has 0 bridgehead atoms. The van der Waals surface area contributed by atoms with Crippen LogP contribution in [-0.2, 0) is 22.6 Å². The normalized spacial score (nSPS) is 10.1. The molecular formula is C19H22N2O2. The molecule has 4 heteroatoms. The van der Waals surface area contributed by atoms with Crippen LogP contribution < -0.4 is 10.6 Å². The van der Waals surface area contributed by atoms with Gasteiger partial charge in [-0.3, -0.25) is 9.59 Å². The van der Waals surface area contributed by atoms with Crippen molar-refractivity contribution in [2.24, 2.45) is 0 Å². The zero-order valence-corrected chi connectivity index (χ0v) is 13.1. The summed E-state index contributed by atoms with van der Waals surface area (Å²) < 4.78 is 0. The van der Waals surface area contributed by atoms with Crippen LogP contribution in [0, 0.1) is 0 Å². The largest absolute Gasteiger partial charge is 0.350 e. The molecule has 2 rings (SSSR count). The van der Waals surface area contributed by atoms with Crippen molar-refractivity contribution in [3.8, 4) is 0 Å². The van der Waals surface area contributed by atoms with E-state index in [0.29, 0.717) is 13.0 Å². The summed E-state index contributed by atoms with van der Waals surface area (Å²) in [6, 6.07) is 19.7. The summed E-state index contributed by atoms with van der Waals surface area (Å²) in [7, 11) is 0. The second kappa shape index (κ2) is 9.41. The van der Waals surface area contributed by atoms with Crippen LogP contribution in [0.15, 0.2) is 60.7 Å². The smallest absolute Gasteiger partial charge is 0.239 e. The van der Waals surface area contributed by atoms with Crippen molar-refractivity contribution in [1.29, 1.82) is 0 Å². The predicted molar refractivity (Wildman–Crippen MR) is 90.7 cm³/mol. The van der Waals surface area contributed by atoms with Gasteiger partial charge in [0, 0.05) is 13.0 Å². The van der Waals surface area contributed by atoms with Gasteiger partial charge in [-0.05, 0) is 24.0 Å². The van der Waals surface area contributed by atoms with Crippen molar-refractivity contribution in [1.82, 2.24) is 10.6 Å². The lowest BCUT2D eigenvalue weighted by Gasteiger charge is -2.07. The molecule has 0 aliphatic rings. The van der Waals surface area contributed by atoms with Crippen molar-refractivity contribution in [3.63, 3.8) is 0 Å². The number of hydrogen-bond acceptors (Lipinski definition) is 2. The Bertz CT molecular complexity index is 612. The van der Waals surface area contributed by atoms with E-state index in [-0.39, 0.29) is 18.4 Å². The third-order valence-electron chi connectivity index (χ3n) is 3.49. The molecular weight excluding hydrogens is 288 g/mol. The van der Waals surface area contributed by atoms with Crippen LogP contribution in [0.1, 0.15) is 24.0 Å². The molecule has 2 aromatic carbocycles. The Hall–Kier alpha value is -2.62. The summed E-state index contributed by atoms with van der Waals surface area (Å²) in [6.07, 6.45) is 2.08. The van der Waals surface area contributed by atoms with Gasteiger partial charge in [-0.2, -0.15) is 0 Å². The van der Waals surface area contributed by atoms with Crippen molar-refractivity contribution in [3.05, 3.63) is 71.8 Å². The van der Waals surface area contributed by atoms with Crippen LogP contribution in [0.4, 0.5) is 0 Å². The molecule has 0 saturated carbocycles. The predicted octanol–water partition coefficient (Wildman–Crippen LogP) is 2.44. The van der Waals surface area contributed by atoms with Gasteiger partial charge in [0.1, 0.15) is 0 Å². The fourth-order valence-electron chi connectivity index (χ4n) is 2.22. The van der Waals surface area contributed by atoms with Crippen molar-refractivity contribution >= 4 is 11.8 Å². The van der Waals surface area contributed by atoms with E-state index in [9.17, 15) is 9.59 Å². The maximum Gasteiger partial charge on any atom is 0.239 e. The molecule has 0 unspecified atom stereocenters. The molecule has 0 atom stereocenters. The number of carbonyl (C=O) groups is 2. The highest BCUT2D eigenvalue weighted by atomic mass is 16.2. The summed E-state index contributed by atoms with van der Waals surface area (Å²) >= 11 is 0. The monoisotopic (exact) mass is 310 g/mol. The first kappa shape index (κ1) is 16.7. The average molecular weight is 310 g/mol. The first-order valence-corrected chi connectivity index (χ1v) is 7.85. The Kier molecular flexibility index (Phi) is 6.85. The molecule has 0 saturated heterocycles. The minimum atomic E-state index is -0.176. The van der Waals surface area contributed by atoms with Crippen LogP contribution in [0.2, 0.25) is 0 Å². The summed E-state index contributed by atoms with van der Waals surface area (Å²) in [5.74, 6) is -0.263. The Balaban J connectivity index is 1.57. The number of hydrogen-bond donors (Lipinski definition) is 2. The van der Waals surface area contributed by atoms with Gasteiger partial charge in [-0.1, -0.05) is 60.7 Å². The van der Waals surface area contributed by atoms with E-state index in [1.54, 1.807) is 0 Å². The summed E-state index contributed by atoms with van der Waals surface area (Å²) in [5, 5.41) is 5.44. The fourth-order valence-corrected chi connectivity index (χ4v) is 2.22. The van der Waals surface area contributed by atoms with E-state index in [1.165, 1.54) is 5.56 Å². The minimum Gasteiger partial charge on any atom is -0.350 e. The Labute approximate surface area is 136 Å². The first-order chi connectivity index (χ1) is 11.2. The molecule has 4 nitrogen and oxygen atoms in total. The maximum atomic E-state index is 11.7. The number of aryl methyl sites for hydroxylation is 1. The van der Waals surface area contributed by atoms with Gasteiger partial charge in [-0.15, -0.1) is 0 Å². The van der Waals surface area contributed by atoms with Gasteiger partial charge in [-0.25, -0.2) is 0 Å². The zero-order valence-electron chi connectivity index (χ0n) is 13.1. The minimum absolute atomic E-state index is 0.0248. The Morgan fingerprint density at radius 2 is 1.35 bits per heavy atom. The highest BCUT2D eigenvalue weighted by Gasteiger charge is 2.05. The molecule has 23 heavy (non-hydrogen) atoms. The third-order valence-corrected chi connectivity index (χ3v) is 3.49. The van der Waals surface area contributed by atoms with E-state index in [4.69, 9.17) is 0 Å². The average Bonchev–Trinajstić information content (AvgIpc) is 2.60. The molecule has 0 aromatic heterocycles. The first-order valence-electron chi connectivity index (χ1n) is 7.85. The third kappa shape index (κ3) is 6.78. The quantitative estimate of drug-likeness (QED) is 0.787. The van der Waals surface area contributed by atoms with Gasteiger partial charge >= 0.3 is 0 Å². The lowest BCUT2D eigenvalue weighted by Crippen LogP contribution is -2.36. The molecule has 2 aromatic rings. The molecule has 0 aliphatic carbocycles. The maximum absolute atomic E-state index is 11.7. The number of carbonyl (C=O) groups excluding carboxylic acids is 2. The number of benzene rings is 2. The van der Waals surface area contributed by atoms with Gasteiger partial charge in [0.15, 0.2) is 0 Å². The van der Waals surface area contributed by atoms with E-state index in [2.05, 4.69) is 22.8 Å². The molecule has 2 N–H and O–H groups in total. The standard InChI is InChI=1S/C19H22N2O2/c22-18(13-7-12-16-8-3-1-4-9-16)21-15-19(23)20-14-17-10-5-2-6-11-17/h1-6,8-11H,7,12-15H2,(H,20,23)(H,21,22). The highest BCUT2D eigenvalue weighted by Crippen LogP contribution is 2.04. The van der Waals surface area contributed by atoms with Crippen LogP contribution in [0.25, 0.3) is 0 Å². The van der Waals surface area contributed by atoms with E-state index < -0.39 is 0 Å². The topological polar surface area (TPSA) is 58.2 Å². The summed E-state index contributed by atoms with van der Waals surface area (Å²) in [5.41, 5.74) is 2.26. The second-order valence-electron chi connectivity index (χ2n) is 5.38. The summed E-state index contributed by atoms with van der Waals surface area (Å²) in [6.45, 7) is 0.501. The molecule has 0 spiro atoms. The molecule has 0 aliphatic heterocycles. The van der Waals surface area contributed by atoms with Gasteiger partial charge < -0.3 is 10.6 Å². The van der Waals surface area contributed by atoms with E-state index in [1.807, 2.05) is 48.5 Å². The molecule has 0 fully saturated rings. The van der Waals surface area contributed by atoms with Gasteiger partial charge in [0.25, 0.3) is 0 Å². The van der Waals surface area contributed by atoms with Gasteiger partial charge in [0.05, 0.1) is 6.54 Å². The molecule has 120 valence electrons. The number of amides is 2. The molecule has 0 radical (unpaired) electrons. The second-order valence-corrected chi connectivity index (χ2v) is 5.38. The lowest BCUT2D eigenvalue weighted by molar-refractivity contribution is -0.126. The molecule has 2 amide bonds. The van der Waals surface area contributed by atoms with Crippen LogP contribution in [0.5, 0.6) is 0 Å². The number of rotatable bonds is 8. The molecule has 0 heterocycles. The highest BCUT2D eigenvalue weighted by molar-refractivity contribution is 5.84. The van der Waals surface area contributed by atoms with Crippen LogP contribution in [0.3, 0.4) is 0 Å². The fraction of sp³-hybridized carbons (Fsp3) is 0.263. The van der Waals surface area contributed by atoms with E-state index in [0.717, 1.165) is 18.4 Å². The van der Waals surface area contributed by atoms with E-state index >= 15 is 0 Å². The van der Waals surface area contributed by atoms with Gasteiger partial charge in [0.2, 0.25) is 11.8 Å². The SMILES string of the molecule is O=C(CCCc1ccccc1)NCC(=O)NCc1ccccc1. The van der Waals surface area contributed by atoms with Crippen LogP contribution in [-0.4, -0.2) is 18.4 Å². The Morgan fingerprint density at radius 3 is 2.00 bits per heavy atom.